The third kappa shape index (κ3) is 2.76. The number of benzene rings is 1. The number of anilines is 3. The maximum absolute atomic E-state index is 9.36. The molecule has 8 heteroatoms. The summed E-state index contributed by atoms with van der Waals surface area (Å²) in [6.45, 7) is 1.92. The Morgan fingerprint density at radius 1 is 1.25 bits per heavy atom. The van der Waals surface area contributed by atoms with Crippen LogP contribution < -0.4 is 21.1 Å². The second-order valence-electron chi connectivity index (χ2n) is 5.50. The van der Waals surface area contributed by atoms with Crippen molar-refractivity contribution in [3.05, 3.63) is 22.7 Å². The van der Waals surface area contributed by atoms with E-state index in [2.05, 4.69) is 14.9 Å². The fourth-order valence-electron chi connectivity index (χ4n) is 2.89. The number of nitriles is 1. The van der Waals surface area contributed by atoms with E-state index in [0.29, 0.717) is 22.0 Å². The van der Waals surface area contributed by atoms with Crippen molar-refractivity contribution in [3.8, 4) is 23.1 Å². The molecule has 1 aliphatic heterocycles. The van der Waals surface area contributed by atoms with Crippen LogP contribution in [0.15, 0.2) is 12.1 Å². The SMILES string of the molecule is COc1cc(-c2nc(N)nc(N)c2C#N)c(Cl)cc1N1CCCC1. The van der Waals surface area contributed by atoms with Gasteiger partial charge in [-0.25, -0.2) is 4.98 Å². The molecule has 0 saturated carbocycles. The minimum Gasteiger partial charge on any atom is -0.495 e. The van der Waals surface area contributed by atoms with Crippen LogP contribution in [0.25, 0.3) is 11.3 Å². The Kier molecular flexibility index (Phi) is 4.32. The Balaban J connectivity index is 2.18. The zero-order chi connectivity index (χ0) is 17.3. The van der Waals surface area contributed by atoms with Crippen LogP contribution >= 0.6 is 11.6 Å². The number of nitrogens with zero attached hydrogens (tertiary/aromatic N) is 4. The third-order valence-electron chi connectivity index (χ3n) is 4.04. The molecule has 1 saturated heterocycles. The predicted octanol–water partition coefficient (Wildman–Crippen LogP) is 2.44. The maximum Gasteiger partial charge on any atom is 0.222 e. The molecule has 0 atom stereocenters. The van der Waals surface area contributed by atoms with Gasteiger partial charge in [-0.05, 0) is 25.0 Å². The molecule has 124 valence electrons. The molecule has 0 bridgehead atoms. The number of hydrogen-bond donors (Lipinski definition) is 2. The van der Waals surface area contributed by atoms with Crippen molar-refractivity contribution in [1.82, 2.24) is 9.97 Å². The van der Waals surface area contributed by atoms with Gasteiger partial charge in [0.15, 0.2) is 0 Å². The highest BCUT2D eigenvalue weighted by Crippen LogP contribution is 2.40. The molecular weight excluding hydrogens is 328 g/mol. The van der Waals surface area contributed by atoms with Crippen molar-refractivity contribution < 1.29 is 4.74 Å². The first-order valence-corrected chi connectivity index (χ1v) is 7.89. The lowest BCUT2D eigenvalue weighted by molar-refractivity contribution is 0.415. The van der Waals surface area contributed by atoms with E-state index in [1.165, 1.54) is 0 Å². The number of aromatic nitrogens is 2. The highest BCUT2D eigenvalue weighted by molar-refractivity contribution is 6.33. The second kappa shape index (κ2) is 6.42. The number of halogens is 1. The summed E-state index contributed by atoms with van der Waals surface area (Å²) < 4.78 is 5.52. The molecule has 2 heterocycles. The zero-order valence-corrected chi connectivity index (χ0v) is 14.0. The first-order valence-electron chi connectivity index (χ1n) is 7.51. The van der Waals surface area contributed by atoms with Crippen LogP contribution in [0.4, 0.5) is 17.5 Å². The fraction of sp³-hybridized carbons (Fsp3) is 0.312. The topological polar surface area (TPSA) is 114 Å². The number of nitrogens with two attached hydrogens (primary N) is 2. The van der Waals surface area contributed by atoms with Gasteiger partial charge in [-0.1, -0.05) is 11.6 Å². The molecule has 4 N–H and O–H groups in total. The monoisotopic (exact) mass is 344 g/mol. The first kappa shape index (κ1) is 16.1. The number of rotatable bonds is 3. The normalized spacial score (nSPS) is 13.8. The van der Waals surface area contributed by atoms with Crippen molar-refractivity contribution in [2.45, 2.75) is 12.8 Å². The van der Waals surface area contributed by atoms with Gasteiger partial charge in [0.1, 0.15) is 23.2 Å². The van der Waals surface area contributed by atoms with Gasteiger partial charge in [0.2, 0.25) is 5.95 Å². The van der Waals surface area contributed by atoms with Crippen LogP contribution in [-0.2, 0) is 0 Å². The summed E-state index contributed by atoms with van der Waals surface area (Å²) in [5.41, 5.74) is 13.4. The van der Waals surface area contributed by atoms with Crippen LogP contribution in [0.5, 0.6) is 5.75 Å². The largest absolute Gasteiger partial charge is 0.495 e. The quantitative estimate of drug-likeness (QED) is 0.878. The van der Waals surface area contributed by atoms with Crippen molar-refractivity contribution in [1.29, 1.82) is 5.26 Å². The molecular formula is C16H17ClN6O. The third-order valence-corrected chi connectivity index (χ3v) is 4.35. The van der Waals surface area contributed by atoms with E-state index in [-0.39, 0.29) is 17.3 Å². The number of ether oxygens (including phenoxy) is 1. The molecule has 3 rings (SSSR count). The predicted molar refractivity (Wildman–Crippen MR) is 94.0 cm³/mol. The van der Waals surface area contributed by atoms with Gasteiger partial charge in [0.25, 0.3) is 0 Å². The molecule has 1 aliphatic rings. The van der Waals surface area contributed by atoms with Crippen LogP contribution in [-0.4, -0.2) is 30.2 Å². The highest BCUT2D eigenvalue weighted by Gasteiger charge is 2.22. The number of methoxy groups -OCH3 is 1. The lowest BCUT2D eigenvalue weighted by Gasteiger charge is -2.22. The summed E-state index contributed by atoms with van der Waals surface area (Å²) in [5, 5.41) is 9.81. The van der Waals surface area contributed by atoms with E-state index in [0.717, 1.165) is 31.6 Å². The molecule has 0 aliphatic carbocycles. The van der Waals surface area contributed by atoms with E-state index < -0.39 is 0 Å². The molecule has 1 aromatic carbocycles. The summed E-state index contributed by atoms with van der Waals surface area (Å²) in [6.07, 6.45) is 2.28. The van der Waals surface area contributed by atoms with Crippen molar-refractivity contribution >= 4 is 29.1 Å². The molecule has 1 aromatic heterocycles. The molecule has 0 unspecified atom stereocenters. The van der Waals surface area contributed by atoms with Crippen molar-refractivity contribution in [3.63, 3.8) is 0 Å². The van der Waals surface area contributed by atoms with Crippen molar-refractivity contribution in [2.75, 3.05) is 36.6 Å². The van der Waals surface area contributed by atoms with Crippen LogP contribution in [0.2, 0.25) is 5.02 Å². The zero-order valence-electron chi connectivity index (χ0n) is 13.2. The smallest absolute Gasteiger partial charge is 0.222 e. The Bertz CT molecular complexity index is 826. The van der Waals surface area contributed by atoms with E-state index in [1.807, 2.05) is 12.1 Å². The van der Waals surface area contributed by atoms with Gasteiger partial charge in [-0.2, -0.15) is 10.2 Å². The van der Waals surface area contributed by atoms with Gasteiger partial charge in [0, 0.05) is 18.7 Å². The van der Waals surface area contributed by atoms with Gasteiger partial charge < -0.3 is 21.1 Å². The second-order valence-corrected chi connectivity index (χ2v) is 5.91. The first-order chi connectivity index (χ1) is 11.5. The van der Waals surface area contributed by atoms with E-state index in [9.17, 15) is 5.26 Å². The summed E-state index contributed by atoms with van der Waals surface area (Å²) in [4.78, 5) is 10.2. The molecule has 24 heavy (non-hydrogen) atoms. The molecule has 2 aromatic rings. The molecule has 7 nitrogen and oxygen atoms in total. The maximum atomic E-state index is 9.36. The lowest BCUT2D eigenvalue weighted by atomic mass is 10.1. The van der Waals surface area contributed by atoms with E-state index in [1.54, 1.807) is 13.2 Å². The Labute approximate surface area is 144 Å². The highest BCUT2D eigenvalue weighted by atomic mass is 35.5. The lowest BCUT2D eigenvalue weighted by Crippen LogP contribution is -2.18. The standard InChI is InChI=1S/C16H17ClN6O/c1-24-13-6-9(11(17)7-12(13)23-4-2-3-5-23)14-10(8-18)15(19)22-16(20)21-14/h6-7H,2-5H2,1H3,(H4,19,20,21,22). The molecule has 0 amide bonds. The van der Waals surface area contributed by atoms with Crippen LogP contribution in [0.1, 0.15) is 18.4 Å². The van der Waals surface area contributed by atoms with Crippen LogP contribution in [0.3, 0.4) is 0 Å². The summed E-state index contributed by atoms with van der Waals surface area (Å²) in [5.74, 6) is 0.676. The van der Waals surface area contributed by atoms with Gasteiger partial charge in [0.05, 0.1) is 23.5 Å². The Morgan fingerprint density at radius 3 is 2.58 bits per heavy atom. The Morgan fingerprint density at radius 2 is 1.96 bits per heavy atom. The molecule has 1 fully saturated rings. The summed E-state index contributed by atoms with van der Waals surface area (Å²) in [7, 11) is 1.60. The number of nitrogen functional groups attached to an aromatic ring is 2. The molecule has 0 radical (unpaired) electrons. The van der Waals surface area contributed by atoms with E-state index in [4.69, 9.17) is 27.8 Å². The van der Waals surface area contributed by atoms with Crippen molar-refractivity contribution in [2.24, 2.45) is 0 Å². The van der Waals surface area contributed by atoms with Gasteiger partial charge in [-0.15, -0.1) is 0 Å². The average Bonchev–Trinajstić information content (AvgIpc) is 3.08. The Hall–Kier alpha value is -2.72. The summed E-state index contributed by atoms with van der Waals surface area (Å²) >= 11 is 6.47. The summed E-state index contributed by atoms with van der Waals surface area (Å²) in [6, 6.07) is 5.60. The fourth-order valence-corrected chi connectivity index (χ4v) is 3.14. The number of hydrogen-bond acceptors (Lipinski definition) is 7. The molecule has 0 spiro atoms. The van der Waals surface area contributed by atoms with Crippen LogP contribution in [0, 0.1) is 11.3 Å². The van der Waals surface area contributed by atoms with E-state index >= 15 is 0 Å². The van der Waals surface area contributed by atoms with Gasteiger partial charge in [-0.3, -0.25) is 0 Å². The average molecular weight is 345 g/mol. The van der Waals surface area contributed by atoms with Gasteiger partial charge >= 0.3 is 0 Å². The minimum atomic E-state index is -0.0137. The minimum absolute atomic E-state index is 0.0137.